The highest BCUT2D eigenvalue weighted by atomic mass is 35.5. The van der Waals surface area contributed by atoms with Crippen molar-refractivity contribution in [1.82, 2.24) is 14.8 Å². The van der Waals surface area contributed by atoms with Gasteiger partial charge in [-0.1, -0.05) is 59.8 Å². The van der Waals surface area contributed by atoms with Crippen LogP contribution in [0.2, 0.25) is 5.02 Å². The summed E-state index contributed by atoms with van der Waals surface area (Å²) in [7, 11) is 0. The van der Waals surface area contributed by atoms with Crippen LogP contribution in [0.25, 0.3) is 17.1 Å². The molecule has 0 bridgehead atoms. The van der Waals surface area contributed by atoms with Crippen LogP contribution in [0.15, 0.2) is 65.8 Å². The van der Waals surface area contributed by atoms with Crippen LogP contribution in [0.3, 0.4) is 0 Å². The van der Waals surface area contributed by atoms with E-state index >= 15 is 0 Å². The third-order valence-corrected chi connectivity index (χ3v) is 6.61. The van der Waals surface area contributed by atoms with Crippen molar-refractivity contribution in [2.45, 2.75) is 32.9 Å². The molecule has 4 aromatic rings. The van der Waals surface area contributed by atoms with Crippen molar-refractivity contribution in [3.63, 3.8) is 0 Å². The molecule has 3 aromatic carbocycles. The van der Waals surface area contributed by atoms with E-state index in [-0.39, 0.29) is 11.7 Å². The molecule has 0 unspecified atom stereocenters. The average Bonchev–Trinajstić information content (AvgIpc) is 3.20. The van der Waals surface area contributed by atoms with Gasteiger partial charge in [0.25, 0.3) is 0 Å². The van der Waals surface area contributed by atoms with Crippen LogP contribution in [0, 0.1) is 27.7 Å². The first-order chi connectivity index (χ1) is 15.8. The van der Waals surface area contributed by atoms with E-state index < -0.39 is 0 Å². The van der Waals surface area contributed by atoms with Crippen LogP contribution in [-0.4, -0.2) is 26.4 Å². The zero-order valence-corrected chi connectivity index (χ0v) is 20.6. The molecule has 33 heavy (non-hydrogen) atoms. The normalized spacial score (nSPS) is 10.9. The van der Waals surface area contributed by atoms with Gasteiger partial charge >= 0.3 is 0 Å². The summed E-state index contributed by atoms with van der Waals surface area (Å²) < 4.78 is 1.99. The van der Waals surface area contributed by atoms with E-state index in [1.807, 2.05) is 74.7 Å². The Hall–Kier alpha value is -3.09. The molecule has 5 nitrogen and oxygen atoms in total. The lowest BCUT2D eigenvalue weighted by Crippen LogP contribution is -2.15. The number of anilines is 1. The Morgan fingerprint density at radius 2 is 1.64 bits per heavy atom. The Morgan fingerprint density at radius 1 is 0.939 bits per heavy atom. The number of aromatic nitrogens is 3. The van der Waals surface area contributed by atoms with Crippen molar-refractivity contribution in [2.75, 3.05) is 11.1 Å². The van der Waals surface area contributed by atoms with E-state index in [9.17, 15) is 4.79 Å². The molecule has 1 N–H and O–H groups in total. The van der Waals surface area contributed by atoms with Gasteiger partial charge in [-0.3, -0.25) is 9.36 Å². The van der Waals surface area contributed by atoms with Crippen molar-refractivity contribution in [3.8, 4) is 17.1 Å². The van der Waals surface area contributed by atoms with Gasteiger partial charge in [-0.25, -0.2) is 0 Å². The predicted molar refractivity (Wildman–Crippen MR) is 137 cm³/mol. The van der Waals surface area contributed by atoms with E-state index in [4.69, 9.17) is 11.6 Å². The number of hydrogen-bond acceptors (Lipinski definition) is 4. The average molecular weight is 477 g/mol. The second kappa shape index (κ2) is 9.81. The summed E-state index contributed by atoms with van der Waals surface area (Å²) in [6.45, 7) is 8.09. The Morgan fingerprint density at radius 3 is 2.39 bits per heavy atom. The standard InChI is InChI=1S/C26H25ClN4OS/c1-16-9-11-18(3)22(13-16)28-24(32)15-33-26-30-29-25(20-7-5-6-8-21(20)27)31(26)23-14-17(2)10-12-19(23)4/h5-14H,15H2,1-4H3,(H,28,32). The summed E-state index contributed by atoms with van der Waals surface area (Å²) in [6, 6.07) is 19.8. The molecular weight excluding hydrogens is 452 g/mol. The third kappa shape index (κ3) is 5.13. The minimum atomic E-state index is -0.0940. The van der Waals surface area contributed by atoms with Gasteiger partial charge in [-0.15, -0.1) is 10.2 Å². The van der Waals surface area contributed by atoms with Crippen LogP contribution in [0.1, 0.15) is 22.3 Å². The van der Waals surface area contributed by atoms with E-state index in [1.54, 1.807) is 0 Å². The molecule has 0 saturated carbocycles. The molecule has 0 aliphatic rings. The molecule has 1 heterocycles. The number of hydrogen-bond donors (Lipinski definition) is 1. The lowest BCUT2D eigenvalue weighted by Gasteiger charge is -2.14. The van der Waals surface area contributed by atoms with Crippen molar-refractivity contribution in [3.05, 3.63) is 87.9 Å². The van der Waals surface area contributed by atoms with Gasteiger partial charge in [0.1, 0.15) is 0 Å². The van der Waals surface area contributed by atoms with Gasteiger partial charge in [-0.05, 0) is 74.2 Å². The third-order valence-electron chi connectivity index (χ3n) is 5.35. The number of halogens is 1. The molecule has 7 heteroatoms. The van der Waals surface area contributed by atoms with Gasteiger partial charge in [0, 0.05) is 11.3 Å². The van der Waals surface area contributed by atoms with E-state index in [1.165, 1.54) is 11.8 Å². The van der Waals surface area contributed by atoms with Crippen molar-refractivity contribution in [2.24, 2.45) is 0 Å². The highest BCUT2D eigenvalue weighted by Gasteiger charge is 2.20. The summed E-state index contributed by atoms with van der Waals surface area (Å²) in [4.78, 5) is 12.7. The van der Waals surface area contributed by atoms with Crippen LogP contribution in [0.4, 0.5) is 5.69 Å². The number of rotatable bonds is 6. The van der Waals surface area contributed by atoms with Crippen LogP contribution in [0.5, 0.6) is 0 Å². The number of nitrogens with zero attached hydrogens (tertiary/aromatic N) is 3. The number of carbonyl (C=O) groups excluding carboxylic acids is 1. The molecule has 0 atom stereocenters. The summed E-state index contributed by atoms with van der Waals surface area (Å²) in [5, 5.41) is 13.1. The number of thioether (sulfide) groups is 1. The molecular formula is C26H25ClN4OS. The monoisotopic (exact) mass is 476 g/mol. The fraction of sp³-hybridized carbons (Fsp3) is 0.192. The number of carbonyl (C=O) groups is 1. The maximum atomic E-state index is 12.7. The first-order valence-electron chi connectivity index (χ1n) is 10.6. The second-order valence-electron chi connectivity index (χ2n) is 8.07. The SMILES string of the molecule is Cc1ccc(C)c(NC(=O)CSc2nnc(-c3ccccc3Cl)n2-c2cc(C)ccc2C)c1. The van der Waals surface area contributed by atoms with Gasteiger partial charge in [0.15, 0.2) is 11.0 Å². The van der Waals surface area contributed by atoms with Crippen molar-refractivity contribution >= 4 is 35.0 Å². The maximum absolute atomic E-state index is 12.7. The minimum Gasteiger partial charge on any atom is -0.325 e. The van der Waals surface area contributed by atoms with Gasteiger partial charge in [0.05, 0.1) is 16.5 Å². The van der Waals surface area contributed by atoms with Crippen molar-refractivity contribution in [1.29, 1.82) is 0 Å². The predicted octanol–water partition coefficient (Wildman–Crippen LogP) is 6.55. The lowest BCUT2D eigenvalue weighted by atomic mass is 10.1. The smallest absolute Gasteiger partial charge is 0.234 e. The molecule has 4 rings (SSSR count). The van der Waals surface area contributed by atoms with E-state index in [0.29, 0.717) is 16.0 Å². The molecule has 0 aliphatic carbocycles. The second-order valence-corrected chi connectivity index (χ2v) is 9.42. The lowest BCUT2D eigenvalue weighted by molar-refractivity contribution is -0.113. The number of nitrogens with one attached hydrogen (secondary N) is 1. The molecule has 0 radical (unpaired) electrons. The molecule has 1 amide bonds. The van der Waals surface area contributed by atoms with Crippen molar-refractivity contribution < 1.29 is 4.79 Å². The molecule has 0 spiro atoms. The fourth-order valence-electron chi connectivity index (χ4n) is 3.54. The summed E-state index contributed by atoms with van der Waals surface area (Å²) in [5.74, 6) is 0.758. The molecule has 0 saturated heterocycles. The largest absolute Gasteiger partial charge is 0.325 e. The minimum absolute atomic E-state index is 0.0940. The van der Waals surface area contributed by atoms with E-state index in [0.717, 1.165) is 39.2 Å². The topological polar surface area (TPSA) is 59.8 Å². The Labute approximate surface area is 203 Å². The Bertz CT molecular complexity index is 1330. The van der Waals surface area contributed by atoms with Gasteiger partial charge in [0.2, 0.25) is 5.91 Å². The highest BCUT2D eigenvalue weighted by Crippen LogP contribution is 2.33. The van der Waals surface area contributed by atoms with Gasteiger partial charge in [-0.2, -0.15) is 0 Å². The number of amides is 1. The highest BCUT2D eigenvalue weighted by molar-refractivity contribution is 7.99. The van der Waals surface area contributed by atoms with Crippen LogP contribution >= 0.6 is 23.4 Å². The van der Waals surface area contributed by atoms with Crippen LogP contribution < -0.4 is 5.32 Å². The number of aryl methyl sites for hydroxylation is 4. The summed E-state index contributed by atoms with van der Waals surface area (Å²) in [6.07, 6.45) is 0. The maximum Gasteiger partial charge on any atom is 0.234 e. The molecule has 0 aliphatic heterocycles. The molecule has 168 valence electrons. The number of benzene rings is 3. The van der Waals surface area contributed by atoms with Gasteiger partial charge < -0.3 is 5.32 Å². The first kappa shape index (κ1) is 23.1. The Balaban J connectivity index is 1.67. The summed E-state index contributed by atoms with van der Waals surface area (Å²) >= 11 is 7.84. The van der Waals surface area contributed by atoms with Crippen LogP contribution in [-0.2, 0) is 4.79 Å². The van der Waals surface area contributed by atoms with E-state index in [2.05, 4.69) is 33.7 Å². The first-order valence-corrected chi connectivity index (χ1v) is 12.0. The molecule has 0 fully saturated rings. The quantitative estimate of drug-likeness (QED) is 0.320. The molecule has 1 aromatic heterocycles. The Kier molecular flexibility index (Phi) is 6.86. The summed E-state index contributed by atoms with van der Waals surface area (Å²) in [5.41, 5.74) is 6.91. The zero-order chi connectivity index (χ0) is 23.5. The zero-order valence-electron chi connectivity index (χ0n) is 19.0. The fourth-order valence-corrected chi connectivity index (χ4v) is 4.51.